The minimum absolute atomic E-state index is 0.0889. The van der Waals surface area contributed by atoms with Crippen molar-refractivity contribution in [3.8, 4) is 0 Å². The summed E-state index contributed by atoms with van der Waals surface area (Å²) >= 11 is 0. The van der Waals surface area contributed by atoms with Gasteiger partial charge in [0.1, 0.15) is 31.0 Å². The highest BCUT2D eigenvalue weighted by Gasteiger charge is 2.44. The van der Waals surface area contributed by atoms with E-state index in [1.807, 2.05) is 24.3 Å². The molecule has 170 valence electrons. The number of carbonyl (C=O) groups is 1. The molecule has 0 bridgehead atoms. The lowest BCUT2D eigenvalue weighted by Gasteiger charge is -2.17. The second kappa shape index (κ2) is 9.06. The van der Waals surface area contributed by atoms with Crippen LogP contribution < -0.4 is 16.9 Å². The van der Waals surface area contributed by atoms with Crippen LogP contribution in [0.4, 0.5) is 5.82 Å². The molecule has 0 amide bonds. The fourth-order valence-corrected chi connectivity index (χ4v) is 3.66. The van der Waals surface area contributed by atoms with E-state index >= 15 is 0 Å². The van der Waals surface area contributed by atoms with Crippen LogP contribution in [0.3, 0.4) is 0 Å². The van der Waals surface area contributed by atoms with Crippen molar-refractivity contribution in [1.82, 2.24) is 14.5 Å². The molecular weight excluding hydrogens is 422 g/mol. The van der Waals surface area contributed by atoms with Crippen molar-refractivity contribution in [1.29, 1.82) is 0 Å². The van der Waals surface area contributed by atoms with Crippen LogP contribution in [-0.2, 0) is 20.7 Å². The summed E-state index contributed by atoms with van der Waals surface area (Å²) in [5, 5.41) is 30.3. The van der Waals surface area contributed by atoms with Gasteiger partial charge in [-0.15, -0.1) is 0 Å². The molecule has 0 saturated carbocycles. The molecule has 1 saturated heterocycles. The van der Waals surface area contributed by atoms with Crippen LogP contribution in [0.5, 0.6) is 0 Å². The summed E-state index contributed by atoms with van der Waals surface area (Å²) in [5.41, 5.74) is 8.70. The summed E-state index contributed by atoms with van der Waals surface area (Å²) in [5.74, 6) is -0.782. The molecular formula is C20H23N5O7. The Bertz CT molecular complexity index is 1160. The number of nitrogens with zero attached hydrogens (tertiary/aromatic N) is 2. The fourth-order valence-electron chi connectivity index (χ4n) is 3.66. The third kappa shape index (κ3) is 4.22. The maximum Gasteiger partial charge on any atom is 0.351 e. The molecule has 2 aromatic heterocycles. The Hall–Kier alpha value is -3.29. The lowest BCUT2D eigenvalue weighted by atomic mass is 10.1. The van der Waals surface area contributed by atoms with Crippen molar-refractivity contribution in [3.63, 3.8) is 0 Å². The standard InChI is InChI=1S/C20H23N5O7/c21-12(7-10-8-22-13-4-2-1-3-11(10)13)19(28)31-9-14-16(26)17(27)18(32-14)25-6-5-15(24-30)23-20(25)29/h1-6,8,12,14,16-18,22,26-27,30H,7,9,21H2,(H,23,24,29)/t12-,14-,16-,17-,18-/m1/s1. The van der Waals surface area contributed by atoms with Gasteiger partial charge in [-0.25, -0.2) is 4.79 Å². The zero-order valence-corrected chi connectivity index (χ0v) is 16.8. The zero-order chi connectivity index (χ0) is 22.8. The van der Waals surface area contributed by atoms with Gasteiger partial charge in [0.2, 0.25) is 0 Å². The Morgan fingerprint density at radius 2 is 2.09 bits per heavy atom. The largest absolute Gasteiger partial charge is 0.462 e. The Labute approximate surface area is 181 Å². The second-order valence-electron chi connectivity index (χ2n) is 7.46. The molecule has 12 heteroatoms. The number of hydrogen-bond acceptors (Lipinski definition) is 10. The quantitative estimate of drug-likeness (QED) is 0.200. The van der Waals surface area contributed by atoms with Crippen LogP contribution in [-0.4, -0.2) is 66.9 Å². The average molecular weight is 445 g/mol. The molecule has 5 atom stereocenters. The zero-order valence-electron chi connectivity index (χ0n) is 16.8. The molecule has 7 N–H and O–H groups in total. The molecule has 0 spiro atoms. The minimum Gasteiger partial charge on any atom is -0.462 e. The molecule has 0 radical (unpaired) electrons. The number of nitrogens with one attached hydrogen (secondary N) is 2. The normalized spacial score (nSPS) is 23.9. The fraction of sp³-hybridized carbons (Fsp3) is 0.350. The number of aliphatic hydroxyl groups is 2. The van der Waals surface area contributed by atoms with Gasteiger partial charge in [0, 0.05) is 29.7 Å². The molecule has 0 aliphatic carbocycles. The van der Waals surface area contributed by atoms with Crippen LogP contribution in [0.2, 0.25) is 0 Å². The Balaban J connectivity index is 1.37. The highest BCUT2D eigenvalue weighted by Crippen LogP contribution is 2.29. The number of H-pyrrole nitrogens is 1. The second-order valence-corrected chi connectivity index (χ2v) is 7.46. The van der Waals surface area contributed by atoms with Crippen LogP contribution in [0.25, 0.3) is 10.9 Å². The molecule has 0 unspecified atom stereocenters. The van der Waals surface area contributed by atoms with Crippen LogP contribution >= 0.6 is 0 Å². The first kappa shape index (κ1) is 21.9. The van der Waals surface area contributed by atoms with Gasteiger partial charge >= 0.3 is 11.7 Å². The van der Waals surface area contributed by atoms with E-state index in [9.17, 15) is 19.8 Å². The number of fused-ring (bicyclic) bond motifs is 1. The van der Waals surface area contributed by atoms with Crippen molar-refractivity contribution in [3.05, 3.63) is 58.8 Å². The van der Waals surface area contributed by atoms with Gasteiger partial charge in [0.25, 0.3) is 0 Å². The smallest absolute Gasteiger partial charge is 0.351 e. The molecule has 1 aromatic carbocycles. The molecule has 1 fully saturated rings. The molecule has 1 aliphatic heterocycles. The van der Waals surface area contributed by atoms with E-state index in [0.29, 0.717) is 0 Å². The first-order valence-electron chi connectivity index (χ1n) is 9.87. The van der Waals surface area contributed by atoms with Crippen LogP contribution in [0.1, 0.15) is 11.8 Å². The van der Waals surface area contributed by atoms with E-state index in [4.69, 9.17) is 20.4 Å². The van der Waals surface area contributed by atoms with Gasteiger partial charge in [0.05, 0.1) is 0 Å². The highest BCUT2D eigenvalue weighted by atomic mass is 16.6. The number of aromatic amines is 1. The van der Waals surface area contributed by atoms with E-state index in [-0.39, 0.29) is 18.8 Å². The summed E-state index contributed by atoms with van der Waals surface area (Å²) in [6, 6.07) is 7.95. The van der Waals surface area contributed by atoms with Crippen molar-refractivity contribution >= 4 is 22.7 Å². The molecule has 4 rings (SSSR count). The van der Waals surface area contributed by atoms with Gasteiger partial charge in [-0.1, -0.05) is 18.2 Å². The number of carbonyl (C=O) groups excluding carboxylic acids is 1. The lowest BCUT2D eigenvalue weighted by Crippen LogP contribution is -2.39. The summed E-state index contributed by atoms with van der Waals surface area (Å²) < 4.78 is 11.7. The van der Waals surface area contributed by atoms with Crippen LogP contribution in [0.15, 0.2) is 47.5 Å². The number of hydrogen-bond donors (Lipinski definition) is 6. The molecule has 1 aliphatic rings. The maximum absolute atomic E-state index is 12.4. The molecule has 32 heavy (non-hydrogen) atoms. The predicted octanol–water partition coefficient (Wildman–Crippen LogP) is -0.742. The highest BCUT2D eigenvalue weighted by molar-refractivity contribution is 5.84. The number of ether oxygens (including phenoxy) is 2. The summed E-state index contributed by atoms with van der Waals surface area (Å²) in [6.07, 6.45) is -1.95. The molecule has 3 aromatic rings. The number of para-hydroxylation sites is 1. The van der Waals surface area contributed by atoms with E-state index in [1.165, 1.54) is 12.3 Å². The number of aliphatic hydroxyl groups excluding tert-OH is 2. The topological polar surface area (TPSA) is 185 Å². The summed E-state index contributed by atoms with van der Waals surface area (Å²) in [4.78, 5) is 31.1. The number of anilines is 1. The lowest BCUT2D eigenvalue weighted by molar-refractivity contribution is -0.151. The molecule has 3 heterocycles. The monoisotopic (exact) mass is 445 g/mol. The SMILES string of the molecule is N[C@H](Cc1c[nH]c2ccccc12)C(=O)OC[C@H]1O[C@@H](n2ccc(NO)nc2=O)[C@H](O)[C@@H]1O. The number of benzene rings is 1. The van der Waals surface area contributed by atoms with Gasteiger partial charge in [0.15, 0.2) is 12.0 Å². The number of aromatic nitrogens is 3. The Morgan fingerprint density at radius 1 is 1.31 bits per heavy atom. The van der Waals surface area contributed by atoms with E-state index in [0.717, 1.165) is 21.0 Å². The third-order valence-corrected chi connectivity index (χ3v) is 5.36. The summed E-state index contributed by atoms with van der Waals surface area (Å²) in [6.45, 7) is -0.367. The van der Waals surface area contributed by atoms with Crippen molar-refractivity contribution in [2.75, 3.05) is 12.1 Å². The van der Waals surface area contributed by atoms with Crippen molar-refractivity contribution < 1.29 is 29.7 Å². The predicted molar refractivity (Wildman–Crippen MR) is 111 cm³/mol. The Morgan fingerprint density at radius 3 is 2.84 bits per heavy atom. The number of esters is 1. The first-order valence-corrected chi connectivity index (χ1v) is 9.87. The average Bonchev–Trinajstić information content (AvgIpc) is 3.33. The van der Waals surface area contributed by atoms with Crippen LogP contribution in [0, 0.1) is 0 Å². The van der Waals surface area contributed by atoms with Gasteiger partial charge < -0.3 is 30.4 Å². The number of rotatable bonds is 7. The van der Waals surface area contributed by atoms with Gasteiger partial charge in [-0.2, -0.15) is 4.98 Å². The van der Waals surface area contributed by atoms with E-state index in [2.05, 4.69) is 9.97 Å². The van der Waals surface area contributed by atoms with E-state index < -0.39 is 42.2 Å². The van der Waals surface area contributed by atoms with Gasteiger partial charge in [-0.3, -0.25) is 20.0 Å². The maximum atomic E-state index is 12.4. The Kier molecular flexibility index (Phi) is 6.21. The molecule has 12 nitrogen and oxygen atoms in total. The van der Waals surface area contributed by atoms with E-state index in [1.54, 1.807) is 11.7 Å². The first-order chi connectivity index (χ1) is 15.4. The van der Waals surface area contributed by atoms with Crippen molar-refractivity contribution in [2.24, 2.45) is 5.73 Å². The van der Waals surface area contributed by atoms with Crippen molar-refractivity contribution in [2.45, 2.75) is 37.0 Å². The third-order valence-electron chi connectivity index (χ3n) is 5.36. The summed E-state index contributed by atoms with van der Waals surface area (Å²) in [7, 11) is 0. The minimum atomic E-state index is -1.47. The van der Waals surface area contributed by atoms with Gasteiger partial charge in [-0.05, 0) is 17.7 Å². The number of nitrogens with two attached hydrogens (primary N) is 1.